The van der Waals surface area contributed by atoms with E-state index in [-0.39, 0.29) is 12.6 Å². The molecule has 2 atom stereocenters. The standard InChI is InChI=1S/C15H25NO3/c1-12(2)16(9-13(3)17)10-14(18)11-19-15-7-5-4-6-8-15/h4-8,12-14,17-18H,9-11H2,1-3H3. The van der Waals surface area contributed by atoms with Crippen LogP contribution in [0.1, 0.15) is 20.8 Å². The minimum absolute atomic E-state index is 0.257. The van der Waals surface area contributed by atoms with E-state index in [9.17, 15) is 10.2 Å². The first-order chi connectivity index (χ1) is 8.99. The summed E-state index contributed by atoms with van der Waals surface area (Å²) in [5, 5.41) is 19.4. The number of benzene rings is 1. The van der Waals surface area contributed by atoms with Crippen LogP contribution in [-0.2, 0) is 0 Å². The Hall–Kier alpha value is -1.10. The molecular formula is C15H25NO3. The normalized spacial score (nSPS) is 14.7. The maximum Gasteiger partial charge on any atom is 0.119 e. The molecule has 1 aromatic rings. The number of ether oxygens (including phenoxy) is 1. The second-order valence-electron chi connectivity index (χ2n) is 5.17. The van der Waals surface area contributed by atoms with E-state index in [1.807, 2.05) is 49.1 Å². The van der Waals surface area contributed by atoms with Crippen molar-refractivity contribution in [3.8, 4) is 5.75 Å². The van der Waals surface area contributed by atoms with Crippen LogP contribution in [0.5, 0.6) is 5.75 Å². The van der Waals surface area contributed by atoms with Crippen molar-refractivity contribution in [2.24, 2.45) is 0 Å². The summed E-state index contributed by atoms with van der Waals surface area (Å²) in [5.74, 6) is 0.758. The highest BCUT2D eigenvalue weighted by Crippen LogP contribution is 2.09. The number of nitrogens with zero attached hydrogens (tertiary/aromatic N) is 1. The van der Waals surface area contributed by atoms with Crippen molar-refractivity contribution in [2.45, 2.75) is 39.0 Å². The summed E-state index contributed by atoms with van der Waals surface area (Å²) in [6.07, 6.45) is -0.967. The Morgan fingerprint density at radius 1 is 1.05 bits per heavy atom. The molecule has 108 valence electrons. The summed E-state index contributed by atoms with van der Waals surface area (Å²) in [6.45, 7) is 7.16. The third-order valence-corrected chi connectivity index (χ3v) is 2.86. The van der Waals surface area contributed by atoms with Gasteiger partial charge >= 0.3 is 0 Å². The predicted molar refractivity (Wildman–Crippen MR) is 76.3 cm³/mol. The SMILES string of the molecule is CC(O)CN(CC(O)COc1ccccc1)C(C)C. The fourth-order valence-corrected chi connectivity index (χ4v) is 1.87. The Kier molecular flexibility index (Phi) is 6.84. The smallest absolute Gasteiger partial charge is 0.119 e. The van der Waals surface area contributed by atoms with Gasteiger partial charge in [-0.15, -0.1) is 0 Å². The molecular weight excluding hydrogens is 242 g/mol. The third kappa shape index (κ3) is 6.57. The summed E-state index contributed by atoms with van der Waals surface area (Å²) in [4.78, 5) is 2.05. The quantitative estimate of drug-likeness (QED) is 0.750. The fourth-order valence-electron chi connectivity index (χ4n) is 1.87. The van der Waals surface area contributed by atoms with Crippen molar-refractivity contribution < 1.29 is 14.9 Å². The van der Waals surface area contributed by atoms with Gasteiger partial charge in [-0.05, 0) is 32.9 Å². The van der Waals surface area contributed by atoms with Gasteiger partial charge in [0, 0.05) is 19.1 Å². The molecule has 0 aliphatic heterocycles. The lowest BCUT2D eigenvalue weighted by Crippen LogP contribution is -2.43. The lowest BCUT2D eigenvalue weighted by molar-refractivity contribution is 0.0366. The van der Waals surface area contributed by atoms with Crippen LogP contribution in [0.15, 0.2) is 30.3 Å². The van der Waals surface area contributed by atoms with Gasteiger partial charge in [-0.25, -0.2) is 0 Å². The first-order valence-electron chi connectivity index (χ1n) is 6.77. The zero-order chi connectivity index (χ0) is 14.3. The van der Waals surface area contributed by atoms with Crippen LogP contribution in [0.2, 0.25) is 0 Å². The molecule has 0 saturated heterocycles. The van der Waals surface area contributed by atoms with Crippen LogP contribution in [0.25, 0.3) is 0 Å². The summed E-state index contributed by atoms with van der Waals surface area (Å²) in [6, 6.07) is 9.73. The average molecular weight is 267 g/mol. The molecule has 19 heavy (non-hydrogen) atoms. The van der Waals surface area contributed by atoms with Gasteiger partial charge in [0.05, 0.1) is 6.10 Å². The third-order valence-electron chi connectivity index (χ3n) is 2.86. The number of para-hydroxylation sites is 1. The molecule has 0 bridgehead atoms. The van der Waals surface area contributed by atoms with Crippen LogP contribution < -0.4 is 4.74 Å². The highest BCUT2D eigenvalue weighted by atomic mass is 16.5. The zero-order valence-corrected chi connectivity index (χ0v) is 12.0. The van der Waals surface area contributed by atoms with E-state index in [1.54, 1.807) is 6.92 Å². The predicted octanol–water partition coefficient (Wildman–Crippen LogP) is 1.52. The Balaban J connectivity index is 2.38. The van der Waals surface area contributed by atoms with E-state index in [4.69, 9.17) is 4.74 Å². The van der Waals surface area contributed by atoms with E-state index in [0.29, 0.717) is 13.1 Å². The molecule has 1 rings (SSSR count). The van der Waals surface area contributed by atoms with Crippen molar-refractivity contribution in [3.63, 3.8) is 0 Å². The summed E-state index contributed by atoms with van der Waals surface area (Å²) in [5.41, 5.74) is 0. The van der Waals surface area contributed by atoms with E-state index in [2.05, 4.69) is 0 Å². The molecule has 0 radical (unpaired) electrons. The Morgan fingerprint density at radius 2 is 1.68 bits per heavy atom. The topological polar surface area (TPSA) is 52.9 Å². The van der Waals surface area contributed by atoms with Crippen LogP contribution in [-0.4, -0.2) is 53.1 Å². The molecule has 2 N–H and O–H groups in total. The minimum atomic E-state index is -0.568. The molecule has 0 fully saturated rings. The maximum absolute atomic E-state index is 9.99. The van der Waals surface area contributed by atoms with Gasteiger partial charge in [0.2, 0.25) is 0 Å². The van der Waals surface area contributed by atoms with E-state index in [0.717, 1.165) is 5.75 Å². The van der Waals surface area contributed by atoms with Gasteiger partial charge < -0.3 is 14.9 Å². The number of hydrogen-bond donors (Lipinski definition) is 2. The molecule has 0 amide bonds. The number of aliphatic hydroxyl groups is 2. The lowest BCUT2D eigenvalue weighted by atomic mass is 10.2. The highest BCUT2D eigenvalue weighted by molar-refractivity contribution is 5.20. The largest absolute Gasteiger partial charge is 0.491 e. The molecule has 0 aromatic heterocycles. The molecule has 2 unspecified atom stereocenters. The summed E-state index contributed by atoms with van der Waals surface area (Å²) < 4.78 is 5.51. The van der Waals surface area contributed by atoms with E-state index >= 15 is 0 Å². The van der Waals surface area contributed by atoms with Gasteiger partial charge in [-0.1, -0.05) is 18.2 Å². The monoisotopic (exact) mass is 267 g/mol. The minimum Gasteiger partial charge on any atom is -0.491 e. The molecule has 0 aliphatic carbocycles. The molecule has 4 heteroatoms. The Labute approximate surface area is 115 Å². The lowest BCUT2D eigenvalue weighted by Gasteiger charge is -2.29. The first-order valence-corrected chi connectivity index (χ1v) is 6.77. The van der Waals surface area contributed by atoms with Gasteiger partial charge in [-0.2, -0.15) is 0 Å². The Morgan fingerprint density at radius 3 is 2.21 bits per heavy atom. The second-order valence-corrected chi connectivity index (χ2v) is 5.17. The van der Waals surface area contributed by atoms with Crippen LogP contribution >= 0.6 is 0 Å². The average Bonchev–Trinajstić information content (AvgIpc) is 2.36. The van der Waals surface area contributed by atoms with Gasteiger partial charge in [-0.3, -0.25) is 4.90 Å². The molecule has 0 heterocycles. The van der Waals surface area contributed by atoms with Gasteiger partial charge in [0.25, 0.3) is 0 Å². The maximum atomic E-state index is 9.99. The van der Waals surface area contributed by atoms with Gasteiger partial charge in [0.15, 0.2) is 0 Å². The van der Waals surface area contributed by atoms with Crippen molar-refractivity contribution >= 4 is 0 Å². The number of hydrogen-bond acceptors (Lipinski definition) is 4. The van der Waals surface area contributed by atoms with Gasteiger partial charge in [0.1, 0.15) is 18.5 Å². The molecule has 0 spiro atoms. The molecule has 1 aromatic carbocycles. The molecule has 0 saturated carbocycles. The highest BCUT2D eigenvalue weighted by Gasteiger charge is 2.16. The first kappa shape index (κ1) is 16.0. The Bertz CT molecular complexity index is 341. The number of aliphatic hydroxyl groups excluding tert-OH is 2. The zero-order valence-electron chi connectivity index (χ0n) is 12.0. The van der Waals surface area contributed by atoms with Crippen molar-refractivity contribution in [1.82, 2.24) is 4.90 Å². The van der Waals surface area contributed by atoms with Crippen molar-refractivity contribution in [1.29, 1.82) is 0 Å². The van der Waals surface area contributed by atoms with Crippen molar-refractivity contribution in [3.05, 3.63) is 30.3 Å². The van der Waals surface area contributed by atoms with E-state index in [1.165, 1.54) is 0 Å². The van der Waals surface area contributed by atoms with E-state index < -0.39 is 12.2 Å². The fraction of sp³-hybridized carbons (Fsp3) is 0.600. The summed E-state index contributed by atoms with van der Waals surface area (Å²) in [7, 11) is 0. The van der Waals surface area contributed by atoms with Crippen LogP contribution in [0, 0.1) is 0 Å². The second kappa shape index (κ2) is 8.15. The number of rotatable bonds is 8. The molecule has 0 aliphatic rings. The summed E-state index contributed by atoms with van der Waals surface area (Å²) >= 11 is 0. The van der Waals surface area contributed by atoms with Crippen molar-refractivity contribution in [2.75, 3.05) is 19.7 Å². The molecule has 4 nitrogen and oxygen atoms in total. The van der Waals surface area contributed by atoms with Crippen LogP contribution in [0.3, 0.4) is 0 Å². The van der Waals surface area contributed by atoms with Crippen LogP contribution in [0.4, 0.5) is 0 Å².